The van der Waals surface area contributed by atoms with Gasteiger partial charge < -0.3 is 5.32 Å². The Kier molecular flexibility index (Phi) is 2.82. The van der Waals surface area contributed by atoms with Crippen LogP contribution in [-0.4, -0.2) is 16.3 Å². The van der Waals surface area contributed by atoms with Crippen LogP contribution in [0.15, 0.2) is 24.3 Å². The van der Waals surface area contributed by atoms with Crippen LogP contribution >= 0.6 is 11.6 Å². The second-order valence-corrected chi connectivity index (χ2v) is 6.37. The van der Waals surface area contributed by atoms with E-state index in [4.69, 9.17) is 16.7 Å². The number of nitrogens with one attached hydrogen (secondary N) is 1. The first kappa shape index (κ1) is 12.5. The molecule has 0 radical (unpaired) electrons. The smallest absolute Gasteiger partial charge is 0.133 e. The van der Waals surface area contributed by atoms with E-state index < -0.39 is 0 Å². The molecule has 3 rings (SSSR count). The number of rotatable bonds is 1. The monoisotopic (exact) mass is 275 g/mol. The highest BCUT2D eigenvalue weighted by Gasteiger charge is 2.29. The zero-order valence-electron chi connectivity index (χ0n) is 11.5. The molecule has 0 bridgehead atoms. The predicted octanol–water partition coefficient (Wildman–Crippen LogP) is 3.79. The van der Waals surface area contributed by atoms with Gasteiger partial charge >= 0.3 is 0 Å². The van der Waals surface area contributed by atoms with E-state index in [-0.39, 0.29) is 5.41 Å². The molecule has 1 aliphatic rings. The molecular weight excluding hydrogens is 258 g/mol. The van der Waals surface area contributed by atoms with Gasteiger partial charge in [0.25, 0.3) is 0 Å². The number of halogens is 1. The molecule has 0 aliphatic carbocycles. The standard InChI is InChI=1S/C15H18ClN3/c1-15(2,3)13-10-8-9-17-14(10)19(18-13)12-7-5-4-6-11(12)16/h4-7,17H,8-9H2,1-3H3. The first-order valence-corrected chi connectivity index (χ1v) is 6.97. The molecule has 1 N–H and O–H groups in total. The molecule has 19 heavy (non-hydrogen) atoms. The highest BCUT2D eigenvalue weighted by molar-refractivity contribution is 6.32. The van der Waals surface area contributed by atoms with E-state index in [0.717, 1.165) is 35.2 Å². The molecule has 0 atom stereocenters. The average molecular weight is 276 g/mol. The minimum absolute atomic E-state index is 0.0443. The van der Waals surface area contributed by atoms with Crippen molar-refractivity contribution in [3.63, 3.8) is 0 Å². The molecule has 1 aliphatic heterocycles. The Balaban J connectivity index is 2.22. The zero-order chi connectivity index (χ0) is 13.6. The first-order chi connectivity index (χ1) is 8.98. The lowest BCUT2D eigenvalue weighted by Gasteiger charge is -2.16. The fourth-order valence-electron chi connectivity index (χ4n) is 2.58. The Bertz CT molecular complexity index is 623. The Morgan fingerprint density at radius 1 is 1.26 bits per heavy atom. The molecule has 0 fully saturated rings. The van der Waals surface area contributed by atoms with Crippen LogP contribution in [0.3, 0.4) is 0 Å². The van der Waals surface area contributed by atoms with Crippen LogP contribution in [0.25, 0.3) is 5.69 Å². The minimum atomic E-state index is 0.0443. The van der Waals surface area contributed by atoms with E-state index in [9.17, 15) is 0 Å². The highest BCUT2D eigenvalue weighted by atomic mass is 35.5. The van der Waals surface area contributed by atoms with Crippen LogP contribution < -0.4 is 5.32 Å². The van der Waals surface area contributed by atoms with E-state index in [1.54, 1.807) is 0 Å². The van der Waals surface area contributed by atoms with Crippen LogP contribution in [0, 0.1) is 0 Å². The lowest BCUT2D eigenvalue weighted by molar-refractivity contribution is 0.554. The Labute approximate surface area is 118 Å². The summed E-state index contributed by atoms with van der Waals surface area (Å²) in [5, 5.41) is 8.96. The summed E-state index contributed by atoms with van der Waals surface area (Å²) in [5.74, 6) is 1.10. The molecule has 2 aromatic rings. The number of benzene rings is 1. The third-order valence-electron chi connectivity index (χ3n) is 3.44. The highest BCUT2D eigenvalue weighted by Crippen LogP contribution is 2.36. The van der Waals surface area contributed by atoms with Crippen molar-refractivity contribution >= 4 is 17.4 Å². The van der Waals surface area contributed by atoms with Gasteiger partial charge in [0, 0.05) is 17.5 Å². The summed E-state index contributed by atoms with van der Waals surface area (Å²) in [7, 11) is 0. The summed E-state index contributed by atoms with van der Waals surface area (Å²) in [6, 6.07) is 7.83. The number of para-hydroxylation sites is 1. The van der Waals surface area contributed by atoms with Gasteiger partial charge in [0.05, 0.1) is 16.4 Å². The third-order valence-corrected chi connectivity index (χ3v) is 3.76. The Hall–Kier alpha value is -1.48. The van der Waals surface area contributed by atoms with Gasteiger partial charge in [-0.2, -0.15) is 5.10 Å². The Morgan fingerprint density at radius 2 is 2.00 bits per heavy atom. The van der Waals surface area contributed by atoms with Crippen molar-refractivity contribution in [3.8, 4) is 5.69 Å². The van der Waals surface area contributed by atoms with Crippen molar-refractivity contribution in [2.75, 3.05) is 11.9 Å². The van der Waals surface area contributed by atoms with E-state index in [0.29, 0.717) is 0 Å². The lowest BCUT2D eigenvalue weighted by atomic mass is 9.89. The van der Waals surface area contributed by atoms with E-state index in [1.807, 2.05) is 28.9 Å². The topological polar surface area (TPSA) is 29.9 Å². The number of nitrogens with zero attached hydrogens (tertiary/aromatic N) is 2. The molecule has 2 heterocycles. The van der Waals surface area contributed by atoms with Crippen molar-refractivity contribution in [1.82, 2.24) is 9.78 Å². The fraction of sp³-hybridized carbons (Fsp3) is 0.400. The van der Waals surface area contributed by atoms with E-state index >= 15 is 0 Å². The zero-order valence-corrected chi connectivity index (χ0v) is 12.3. The molecule has 100 valence electrons. The maximum atomic E-state index is 6.30. The number of hydrogen-bond acceptors (Lipinski definition) is 2. The average Bonchev–Trinajstić information content (AvgIpc) is 2.89. The maximum Gasteiger partial charge on any atom is 0.133 e. The summed E-state index contributed by atoms with van der Waals surface area (Å²) >= 11 is 6.30. The molecule has 0 spiro atoms. The van der Waals surface area contributed by atoms with Crippen molar-refractivity contribution in [3.05, 3.63) is 40.5 Å². The molecule has 0 saturated heterocycles. The van der Waals surface area contributed by atoms with Crippen molar-refractivity contribution in [1.29, 1.82) is 0 Å². The number of aromatic nitrogens is 2. The van der Waals surface area contributed by atoms with Gasteiger partial charge in [-0.05, 0) is 18.6 Å². The van der Waals surface area contributed by atoms with Gasteiger partial charge in [-0.3, -0.25) is 0 Å². The van der Waals surface area contributed by atoms with Crippen LogP contribution in [-0.2, 0) is 11.8 Å². The van der Waals surface area contributed by atoms with Gasteiger partial charge in [-0.25, -0.2) is 4.68 Å². The van der Waals surface area contributed by atoms with Gasteiger partial charge in [-0.1, -0.05) is 44.5 Å². The third kappa shape index (κ3) is 2.02. The van der Waals surface area contributed by atoms with E-state index in [1.165, 1.54) is 5.56 Å². The molecule has 4 heteroatoms. The van der Waals surface area contributed by atoms with Gasteiger partial charge in [0.2, 0.25) is 0 Å². The molecule has 3 nitrogen and oxygen atoms in total. The minimum Gasteiger partial charge on any atom is -0.369 e. The number of fused-ring (bicyclic) bond motifs is 1. The van der Waals surface area contributed by atoms with Crippen molar-refractivity contribution in [2.24, 2.45) is 0 Å². The van der Waals surface area contributed by atoms with Crippen molar-refractivity contribution < 1.29 is 0 Å². The number of anilines is 1. The van der Waals surface area contributed by atoms with E-state index in [2.05, 4.69) is 26.1 Å². The second kappa shape index (κ2) is 4.27. The predicted molar refractivity (Wildman–Crippen MR) is 79.5 cm³/mol. The van der Waals surface area contributed by atoms with Crippen LogP contribution in [0.1, 0.15) is 32.0 Å². The normalized spacial score (nSPS) is 14.3. The lowest BCUT2D eigenvalue weighted by Crippen LogP contribution is -2.15. The van der Waals surface area contributed by atoms with Gasteiger partial charge in [0.15, 0.2) is 0 Å². The summed E-state index contributed by atoms with van der Waals surface area (Å²) < 4.78 is 1.95. The summed E-state index contributed by atoms with van der Waals surface area (Å²) in [6.07, 6.45) is 1.03. The molecule has 0 saturated carbocycles. The molecule has 0 unspecified atom stereocenters. The number of hydrogen-bond donors (Lipinski definition) is 1. The fourth-order valence-corrected chi connectivity index (χ4v) is 2.79. The first-order valence-electron chi connectivity index (χ1n) is 6.59. The SMILES string of the molecule is CC(C)(C)c1nn(-c2ccccc2Cl)c2c1CCN2. The van der Waals surface area contributed by atoms with Crippen LogP contribution in [0.4, 0.5) is 5.82 Å². The summed E-state index contributed by atoms with van der Waals surface area (Å²) in [4.78, 5) is 0. The molecule has 0 amide bonds. The van der Waals surface area contributed by atoms with Gasteiger partial charge in [0.1, 0.15) is 5.82 Å². The quantitative estimate of drug-likeness (QED) is 0.858. The Morgan fingerprint density at radius 3 is 2.68 bits per heavy atom. The molecular formula is C15H18ClN3. The summed E-state index contributed by atoms with van der Waals surface area (Å²) in [5.41, 5.74) is 3.47. The van der Waals surface area contributed by atoms with Crippen LogP contribution in [0.2, 0.25) is 5.02 Å². The summed E-state index contributed by atoms with van der Waals surface area (Å²) in [6.45, 7) is 7.57. The second-order valence-electron chi connectivity index (χ2n) is 5.97. The maximum absolute atomic E-state index is 6.30. The molecule has 1 aromatic carbocycles. The van der Waals surface area contributed by atoms with Gasteiger partial charge in [-0.15, -0.1) is 0 Å². The van der Waals surface area contributed by atoms with Crippen LogP contribution in [0.5, 0.6) is 0 Å². The van der Waals surface area contributed by atoms with Crippen molar-refractivity contribution in [2.45, 2.75) is 32.6 Å². The molecule has 1 aromatic heterocycles. The largest absolute Gasteiger partial charge is 0.369 e.